The molecule has 0 atom stereocenters. The van der Waals surface area contributed by atoms with Crippen molar-refractivity contribution in [2.24, 2.45) is 9.98 Å². The summed E-state index contributed by atoms with van der Waals surface area (Å²) in [6.07, 6.45) is 0. The van der Waals surface area contributed by atoms with Gasteiger partial charge < -0.3 is 14.8 Å². The predicted molar refractivity (Wildman–Crippen MR) is 97.9 cm³/mol. The first-order valence-electron chi connectivity index (χ1n) is 7.45. The summed E-state index contributed by atoms with van der Waals surface area (Å²) in [5.74, 6) is 1.14. The number of amides is 2. The molecule has 1 aliphatic heterocycles. The van der Waals surface area contributed by atoms with Crippen molar-refractivity contribution in [1.82, 2.24) is 0 Å². The number of urea groups is 1. The first-order chi connectivity index (χ1) is 11.6. The largest absolute Gasteiger partial charge is 0.491 e. The van der Waals surface area contributed by atoms with Crippen LogP contribution < -0.4 is 25.5 Å². The second kappa shape index (κ2) is 8.18. The van der Waals surface area contributed by atoms with Crippen LogP contribution in [0.4, 0.5) is 10.5 Å². The van der Waals surface area contributed by atoms with E-state index >= 15 is 0 Å². The Morgan fingerprint density at radius 1 is 1.16 bits per heavy atom. The molecule has 1 aliphatic rings. The minimum Gasteiger partial charge on any atom is -0.491 e. The number of benzene rings is 2. The lowest BCUT2D eigenvalue weighted by atomic mass is 10.2. The number of hydrogen-bond donors (Lipinski definition) is 1. The molecule has 1 heterocycles. The molecule has 2 aromatic rings. The van der Waals surface area contributed by atoms with Gasteiger partial charge in [-0.1, -0.05) is 11.6 Å². The fourth-order valence-corrected chi connectivity index (χ4v) is 2.75. The third-order valence-corrected chi connectivity index (χ3v) is 3.76. The molecule has 1 N–H and O–H groups in total. The van der Waals surface area contributed by atoms with Crippen LogP contribution in [0.25, 0.3) is 0 Å². The highest BCUT2D eigenvalue weighted by molar-refractivity contribution is 6.32. The zero-order chi connectivity index (χ0) is 17.1. The molecule has 2 amide bonds. The first-order valence-corrected chi connectivity index (χ1v) is 7.83. The zero-order valence-corrected chi connectivity index (χ0v) is 15.3. The van der Waals surface area contributed by atoms with Gasteiger partial charge in [0.25, 0.3) is 0 Å². The van der Waals surface area contributed by atoms with E-state index in [0.29, 0.717) is 40.4 Å². The maximum absolute atomic E-state index is 11.2. The van der Waals surface area contributed by atoms with Gasteiger partial charge in [0, 0.05) is 12.2 Å². The van der Waals surface area contributed by atoms with Crippen LogP contribution in [0.2, 0.25) is 5.02 Å². The Bertz CT molecular complexity index is 916. The normalized spacial score (nSPS) is 11.7. The molecule has 0 radical (unpaired) electrons. The van der Waals surface area contributed by atoms with Crippen LogP contribution in [0.1, 0.15) is 12.5 Å². The van der Waals surface area contributed by atoms with Crippen LogP contribution in [-0.2, 0) is 6.54 Å². The Hall–Kier alpha value is -2.31. The van der Waals surface area contributed by atoms with E-state index in [9.17, 15) is 4.79 Å². The van der Waals surface area contributed by atoms with Gasteiger partial charge in [-0.2, -0.15) is 9.98 Å². The summed E-state index contributed by atoms with van der Waals surface area (Å²) in [6, 6.07) is 8.65. The van der Waals surface area contributed by atoms with Crippen molar-refractivity contribution in [2.75, 3.05) is 19.0 Å². The summed E-state index contributed by atoms with van der Waals surface area (Å²) in [5.41, 5.74) is 1.79. The summed E-state index contributed by atoms with van der Waals surface area (Å²) in [5, 5.41) is 4.94. The summed E-state index contributed by atoms with van der Waals surface area (Å²) in [7, 11) is 1.56. The van der Waals surface area contributed by atoms with E-state index in [1.807, 2.05) is 25.1 Å². The molecule has 3 rings (SSSR count). The van der Waals surface area contributed by atoms with Crippen LogP contribution >= 0.6 is 24.0 Å². The van der Waals surface area contributed by atoms with E-state index in [1.165, 1.54) is 0 Å². The molecule has 0 spiro atoms. The maximum atomic E-state index is 11.2. The number of nitrogens with one attached hydrogen (secondary N) is 1. The smallest absolute Gasteiger partial charge is 0.368 e. The van der Waals surface area contributed by atoms with Crippen molar-refractivity contribution < 1.29 is 14.3 Å². The molecular weight excluding hydrogens is 365 g/mol. The predicted octanol–water partition coefficient (Wildman–Crippen LogP) is 3.15. The van der Waals surface area contributed by atoms with Crippen molar-refractivity contribution >= 4 is 35.7 Å². The SMILES string of the molecule is CCOc1cc(CNc2ccc3c(c2)=NC(=O)N=3)cc(Cl)c1OC.Cl. The Balaban J connectivity index is 0.00000225. The molecule has 0 aliphatic carbocycles. The van der Waals surface area contributed by atoms with Crippen molar-refractivity contribution in [3.63, 3.8) is 0 Å². The number of anilines is 1. The average molecular weight is 382 g/mol. The molecule has 0 aromatic heterocycles. The van der Waals surface area contributed by atoms with E-state index in [2.05, 4.69) is 15.3 Å². The molecule has 0 saturated carbocycles. The van der Waals surface area contributed by atoms with Crippen molar-refractivity contribution in [3.8, 4) is 11.5 Å². The van der Waals surface area contributed by atoms with Gasteiger partial charge in [0.2, 0.25) is 0 Å². The van der Waals surface area contributed by atoms with Gasteiger partial charge in [-0.3, -0.25) is 0 Å². The topological polar surface area (TPSA) is 72.3 Å². The highest BCUT2D eigenvalue weighted by atomic mass is 35.5. The lowest BCUT2D eigenvalue weighted by Crippen LogP contribution is -2.21. The molecule has 6 nitrogen and oxygen atoms in total. The van der Waals surface area contributed by atoms with E-state index in [1.54, 1.807) is 19.2 Å². The fraction of sp³-hybridized carbons (Fsp3) is 0.235. The Morgan fingerprint density at radius 3 is 2.64 bits per heavy atom. The lowest BCUT2D eigenvalue weighted by Gasteiger charge is -2.14. The maximum Gasteiger partial charge on any atom is 0.368 e. The Kier molecular flexibility index (Phi) is 6.22. The number of halogens is 2. The molecular formula is C17H17Cl2N3O3. The number of carbonyl (C=O) groups is 1. The van der Waals surface area contributed by atoms with Gasteiger partial charge in [-0.15, -0.1) is 12.4 Å². The van der Waals surface area contributed by atoms with Gasteiger partial charge in [0.05, 0.1) is 29.5 Å². The molecule has 0 saturated heterocycles. The second-order valence-electron chi connectivity index (χ2n) is 5.11. The summed E-state index contributed by atoms with van der Waals surface area (Å²) in [6.45, 7) is 2.96. The van der Waals surface area contributed by atoms with Crippen LogP contribution in [0, 0.1) is 0 Å². The van der Waals surface area contributed by atoms with Crippen molar-refractivity contribution in [2.45, 2.75) is 13.5 Å². The van der Waals surface area contributed by atoms with Gasteiger partial charge in [0.1, 0.15) is 0 Å². The third kappa shape index (κ3) is 4.21. The van der Waals surface area contributed by atoms with Crippen LogP contribution in [0.15, 0.2) is 40.3 Å². The first kappa shape index (κ1) is 19.0. The number of nitrogens with zero attached hydrogens (tertiary/aromatic N) is 2. The third-order valence-electron chi connectivity index (χ3n) is 3.48. The van der Waals surface area contributed by atoms with Gasteiger partial charge in [-0.25, -0.2) is 4.79 Å². The van der Waals surface area contributed by atoms with E-state index in [-0.39, 0.29) is 12.4 Å². The number of methoxy groups -OCH3 is 1. The molecule has 132 valence electrons. The minimum atomic E-state index is -0.467. The molecule has 8 heteroatoms. The summed E-state index contributed by atoms with van der Waals surface area (Å²) < 4.78 is 10.8. The summed E-state index contributed by atoms with van der Waals surface area (Å²) in [4.78, 5) is 18.8. The van der Waals surface area contributed by atoms with E-state index in [0.717, 1.165) is 11.3 Å². The van der Waals surface area contributed by atoms with Gasteiger partial charge in [-0.05, 0) is 42.8 Å². The summed E-state index contributed by atoms with van der Waals surface area (Å²) >= 11 is 6.25. The number of rotatable bonds is 6. The molecule has 2 aromatic carbocycles. The highest BCUT2D eigenvalue weighted by Crippen LogP contribution is 2.36. The van der Waals surface area contributed by atoms with Crippen LogP contribution in [0.5, 0.6) is 11.5 Å². The molecule has 0 unspecified atom stereocenters. The van der Waals surface area contributed by atoms with Gasteiger partial charge in [0.15, 0.2) is 11.5 Å². The fourth-order valence-electron chi connectivity index (χ4n) is 2.44. The number of fused-ring (bicyclic) bond motifs is 1. The van der Waals surface area contributed by atoms with Crippen LogP contribution in [0.3, 0.4) is 0 Å². The second-order valence-corrected chi connectivity index (χ2v) is 5.51. The molecule has 25 heavy (non-hydrogen) atoms. The highest BCUT2D eigenvalue weighted by Gasteiger charge is 2.11. The number of ether oxygens (including phenoxy) is 2. The average Bonchev–Trinajstić information content (AvgIpc) is 2.92. The van der Waals surface area contributed by atoms with Gasteiger partial charge >= 0.3 is 6.03 Å². The van der Waals surface area contributed by atoms with Crippen molar-refractivity contribution in [3.05, 3.63) is 51.6 Å². The molecule has 0 fully saturated rings. The van der Waals surface area contributed by atoms with E-state index < -0.39 is 6.03 Å². The molecule has 0 bridgehead atoms. The monoisotopic (exact) mass is 381 g/mol. The quantitative estimate of drug-likeness (QED) is 0.833. The Morgan fingerprint density at radius 2 is 1.92 bits per heavy atom. The zero-order valence-electron chi connectivity index (χ0n) is 13.7. The minimum absolute atomic E-state index is 0. The van der Waals surface area contributed by atoms with Crippen molar-refractivity contribution in [1.29, 1.82) is 0 Å². The lowest BCUT2D eigenvalue weighted by molar-refractivity contribution is 0.256. The standard InChI is InChI=1S/C17H16ClN3O3.ClH/c1-3-24-15-7-10(6-12(18)16(15)23-2)9-19-11-4-5-13-14(8-11)21-17(22)20-13;/h4-8,19H,3,9H2,1-2H3;1H. The number of carbonyl (C=O) groups excluding carboxylic acids is 1. The van der Waals surface area contributed by atoms with E-state index in [4.69, 9.17) is 21.1 Å². The Labute approximate surface area is 155 Å². The van der Waals surface area contributed by atoms with Crippen LogP contribution in [-0.4, -0.2) is 19.7 Å². The number of hydrogen-bond acceptors (Lipinski definition) is 4.